The molecule has 0 atom stereocenters. The molecule has 0 fully saturated rings. The Hall–Kier alpha value is -1.85. The van der Waals surface area contributed by atoms with Gasteiger partial charge in [0.25, 0.3) is 0 Å². The van der Waals surface area contributed by atoms with E-state index in [4.69, 9.17) is 10.5 Å². The van der Waals surface area contributed by atoms with Crippen LogP contribution in [0.5, 0.6) is 0 Å². The normalized spacial score (nSPS) is 11.1. The molecule has 0 bridgehead atoms. The van der Waals surface area contributed by atoms with Gasteiger partial charge in [0.05, 0.1) is 0 Å². The van der Waals surface area contributed by atoms with Gasteiger partial charge in [-0.15, -0.1) is 17.0 Å². The first kappa shape index (κ1) is 16.5. The van der Waals surface area contributed by atoms with E-state index in [0.717, 1.165) is 12.0 Å². The van der Waals surface area contributed by atoms with Gasteiger partial charge in [0.2, 0.25) is 0 Å². The number of rotatable bonds is 4. The number of nitrogens with one attached hydrogen (secondary N) is 1. The van der Waals surface area contributed by atoms with Crippen LogP contribution in [-0.2, 0) is 17.8 Å². The quantitative estimate of drug-likeness (QED) is 0.749. The molecule has 2 aromatic rings. The average Bonchev–Trinajstić information content (AvgIpc) is 2.90. The van der Waals surface area contributed by atoms with Crippen molar-refractivity contribution in [1.82, 2.24) is 5.32 Å². The number of alkyl carbamates (subject to hydrolysis) is 1. The number of ether oxygens (including phenoxy) is 1. The zero-order chi connectivity index (χ0) is 14.7. The summed E-state index contributed by atoms with van der Waals surface area (Å²) in [5.41, 5.74) is 11.5. The van der Waals surface area contributed by atoms with E-state index in [-0.39, 0.29) is 23.6 Å². The Balaban J connectivity index is 0.00000176. The summed E-state index contributed by atoms with van der Waals surface area (Å²) in [6.45, 7) is 1.12. The molecule has 0 heterocycles. The lowest BCUT2D eigenvalue weighted by Crippen LogP contribution is -2.29. The second-order valence-corrected chi connectivity index (χ2v) is 5.07. The van der Waals surface area contributed by atoms with E-state index in [0.29, 0.717) is 13.1 Å². The predicted octanol–water partition coefficient (Wildman–Crippen LogP) is 3.02. The molecule has 5 heteroatoms. The van der Waals surface area contributed by atoms with Crippen LogP contribution in [0.3, 0.4) is 0 Å². The number of benzene rings is 2. The lowest BCUT2D eigenvalue weighted by Gasteiger charge is -2.10. The van der Waals surface area contributed by atoms with Gasteiger partial charge in [-0.3, -0.25) is 0 Å². The highest BCUT2D eigenvalue weighted by molar-refractivity contribution is 8.93. The highest BCUT2D eigenvalue weighted by Crippen LogP contribution is 2.38. The third-order valence-corrected chi connectivity index (χ3v) is 3.72. The van der Waals surface area contributed by atoms with Crippen molar-refractivity contribution in [2.45, 2.75) is 13.0 Å². The molecule has 0 saturated carbocycles. The van der Waals surface area contributed by atoms with Gasteiger partial charge >= 0.3 is 6.09 Å². The van der Waals surface area contributed by atoms with E-state index in [1.807, 2.05) is 12.1 Å². The summed E-state index contributed by atoms with van der Waals surface area (Å²) in [6.07, 6.45) is 0.476. The van der Waals surface area contributed by atoms with Crippen molar-refractivity contribution in [3.05, 3.63) is 59.2 Å². The van der Waals surface area contributed by atoms with Gasteiger partial charge in [-0.1, -0.05) is 42.5 Å². The summed E-state index contributed by atoms with van der Waals surface area (Å²) in [5.74, 6) is 0. The number of amides is 1. The fourth-order valence-electron chi connectivity index (χ4n) is 2.73. The molecule has 0 unspecified atom stereocenters. The average molecular weight is 363 g/mol. The molecule has 116 valence electrons. The van der Waals surface area contributed by atoms with Gasteiger partial charge in [-0.05, 0) is 34.2 Å². The van der Waals surface area contributed by atoms with Crippen LogP contribution in [0.1, 0.15) is 16.7 Å². The SMILES string of the molecule is Br.NCCNC(=O)OCc1cccc2c1Cc1ccccc1-2. The Morgan fingerprint density at radius 3 is 2.73 bits per heavy atom. The van der Waals surface area contributed by atoms with Gasteiger partial charge in [0.1, 0.15) is 6.61 Å². The van der Waals surface area contributed by atoms with Gasteiger partial charge in [-0.25, -0.2) is 4.79 Å². The molecular weight excluding hydrogens is 344 g/mol. The third kappa shape index (κ3) is 3.31. The molecule has 1 aliphatic carbocycles. The molecule has 0 saturated heterocycles. The zero-order valence-corrected chi connectivity index (χ0v) is 13.9. The molecule has 0 spiro atoms. The number of carbonyl (C=O) groups is 1. The van der Waals surface area contributed by atoms with E-state index >= 15 is 0 Å². The molecule has 3 N–H and O–H groups in total. The summed E-state index contributed by atoms with van der Waals surface area (Å²) in [5, 5.41) is 2.60. The van der Waals surface area contributed by atoms with Gasteiger partial charge in [-0.2, -0.15) is 0 Å². The van der Waals surface area contributed by atoms with Crippen LogP contribution in [0.4, 0.5) is 4.79 Å². The summed E-state index contributed by atoms with van der Waals surface area (Å²) in [6, 6.07) is 14.5. The molecule has 2 aromatic carbocycles. The number of nitrogens with two attached hydrogens (primary N) is 1. The summed E-state index contributed by atoms with van der Waals surface area (Å²) in [4.78, 5) is 11.5. The molecular formula is C17H19BrN2O2. The predicted molar refractivity (Wildman–Crippen MR) is 92.2 cm³/mol. The van der Waals surface area contributed by atoms with E-state index in [1.54, 1.807) is 0 Å². The van der Waals surface area contributed by atoms with E-state index < -0.39 is 6.09 Å². The molecule has 0 aromatic heterocycles. The molecule has 4 nitrogen and oxygen atoms in total. The van der Waals surface area contributed by atoms with Crippen molar-refractivity contribution in [1.29, 1.82) is 0 Å². The minimum atomic E-state index is -0.423. The highest BCUT2D eigenvalue weighted by atomic mass is 79.9. The molecule has 1 aliphatic rings. The van der Waals surface area contributed by atoms with Crippen molar-refractivity contribution < 1.29 is 9.53 Å². The van der Waals surface area contributed by atoms with Crippen LogP contribution < -0.4 is 11.1 Å². The van der Waals surface area contributed by atoms with Crippen molar-refractivity contribution in [2.24, 2.45) is 5.73 Å². The van der Waals surface area contributed by atoms with Crippen LogP contribution in [0.25, 0.3) is 11.1 Å². The maximum Gasteiger partial charge on any atom is 0.407 e. The van der Waals surface area contributed by atoms with Crippen molar-refractivity contribution in [3.63, 3.8) is 0 Å². The summed E-state index contributed by atoms with van der Waals surface area (Å²) in [7, 11) is 0. The Bertz CT molecular complexity index is 673. The molecule has 22 heavy (non-hydrogen) atoms. The Kier molecular flexibility index (Phi) is 5.57. The largest absolute Gasteiger partial charge is 0.445 e. The number of carbonyl (C=O) groups excluding carboxylic acids is 1. The Labute approximate surface area is 140 Å². The third-order valence-electron chi connectivity index (χ3n) is 3.72. The van der Waals surface area contributed by atoms with Crippen molar-refractivity contribution >= 4 is 23.1 Å². The van der Waals surface area contributed by atoms with Gasteiger partial charge < -0.3 is 15.8 Å². The fraction of sp³-hybridized carbons (Fsp3) is 0.235. The van der Waals surface area contributed by atoms with Crippen molar-refractivity contribution in [3.8, 4) is 11.1 Å². The standard InChI is InChI=1S/C17H18N2O2.BrH/c18-8-9-19-17(20)21-11-13-5-3-7-15-14-6-2-1-4-12(14)10-16(13)15;/h1-7H,8-11,18H2,(H,19,20);1H. The Morgan fingerprint density at radius 2 is 1.91 bits per heavy atom. The minimum Gasteiger partial charge on any atom is -0.445 e. The van der Waals surface area contributed by atoms with Crippen LogP contribution in [0, 0.1) is 0 Å². The van der Waals surface area contributed by atoms with Crippen LogP contribution in [0.2, 0.25) is 0 Å². The van der Waals surface area contributed by atoms with E-state index in [2.05, 4.69) is 35.6 Å². The topological polar surface area (TPSA) is 64.3 Å². The smallest absolute Gasteiger partial charge is 0.407 e. The fourth-order valence-corrected chi connectivity index (χ4v) is 2.73. The summed E-state index contributed by atoms with van der Waals surface area (Å²) >= 11 is 0. The van der Waals surface area contributed by atoms with Crippen LogP contribution in [0.15, 0.2) is 42.5 Å². The number of hydrogen-bond acceptors (Lipinski definition) is 3. The first-order valence-electron chi connectivity index (χ1n) is 7.09. The molecule has 0 aliphatic heterocycles. The maximum atomic E-state index is 11.5. The monoisotopic (exact) mass is 362 g/mol. The van der Waals surface area contributed by atoms with Gasteiger partial charge in [0, 0.05) is 13.1 Å². The van der Waals surface area contributed by atoms with Crippen molar-refractivity contribution in [2.75, 3.05) is 13.1 Å². The lowest BCUT2D eigenvalue weighted by molar-refractivity contribution is 0.139. The number of fused-ring (bicyclic) bond motifs is 3. The first-order valence-corrected chi connectivity index (χ1v) is 7.09. The van der Waals surface area contributed by atoms with E-state index in [1.165, 1.54) is 22.3 Å². The molecule has 1 amide bonds. The number of hydrogen-bond donors (Lipinski definition) is 2. The van der Waals surface area contributed by atoms with Crippen LogP contribution >= 0.6 is 17.0 Å². The molecule has 3 rings (SSSR count). The second kappa shape index (κ2) is 7.42. The molecule has 0 radical (unpaired) electrons. The van der Waals surface area contributed by atoms with Crippen LogP contribution in [-0.4, -0.2) is 19.2 Å². The van der Waals surface area contributed by atoms with Gasteiger partial charge in [0.15, 0.2) is 0 Å². The lowest BCUT2D eigenvalue weighted by atomic mass is 10.0. The highest BCUT2D eigenvalue weighted by Gasteiger charge is 2.20. The van der Waals surface area contributed by atoms with E-state index in [9.17, 15) is 4.79 Å². The minimum absolute atomic E-state index is 0. The second-order valence-electron chi connectivity index (χ2n) is 5.07. The maximum absolute atomic E-state index is 11.5. The Morgan fingerprint density at radius 1 is 1.14 bits per heavy atom. The number of halogens is 1. The summed E-state index contributed by atoms with van der Waals surface area (Å²) < 4.78 is 5.25. The first-order chi connectivity index (χ1) is 10.3. The zero-order valence-electron chi connectivity index (χ0n) is 12.2.